The lowest BCUT2D eigenvalue weighted by molar-refractivity contribution is -0.385. The minimum Gasteiger partial charge on any atom is -0.346 e. The monoisotopic (exact) mass is 439 g/mol. The molecule has 1 atom stereocenters. The van der Waals surface area contributed by atoms with Crippen LogP contribution in [0.4, 0.5) is 11.4 Å². The van der Waals surface area contributed by atoms with E-state index in [0.717, 1.165) is 17.2 Å². The second-order valence-corrected chi connectivity index (χ2v) is 8.73. The lowest BCUT2D eigenvalue weighted by Crippen LogP contribution is -2.26. The van der Waals surface area contributed by atoms with Crippen LogP contribution in [-0.2, 0) is 10.0 Å². The number of nitrogens with zero attached hydrogens (tertiary/aromatic N) is 1. The first-order chi connectivity index (χ1) is 14.7. The molecule has 0 aliphatic heterocycles. The van der Waals surface area contributed by atoms with Crippen molar-refractivity contribution in [3.8, 4) is 0 Å². The molecule has 0 heterocycles. The predicted octanol–water partition coefficient (Wildman–Crippen LogP) is 4.20. The average Bonchev–Trinajstić information content (AvgIpc) is 2.74. The van der Waals surface area contributed by atoms with Gasteiger partial charge >= 0.3 is 0 Å². The molecule has 160 valence electrons. The highest BCUT2D eigenvalue weighted by molar-refractivity contribution is 7.92. The summed E-state index contributed by atoms with van der Waals surface area (Å²) in [7, 11) is -4.02. The second-order valence-electron chi connectivity index (χ2n) is 7.04. The van der Waals surface area contributed by atoms with E-state index < -0.39 is 14.9 Å². The summed E-state index contributed by atoms with van der Waals surface area (Å²) < 4.78 is 27.4. The van der Waals surface area contributed by atoms with Crippen molar-refractivity contribution in [1.82, 2.24) is 5.32 Å². The molecule has 2 N–H and O–H groups in total. The van der Waals surface area contributed by atoms with Crippen LogP contribution >= 0.6 is 0 Å². The molecule has 0 aliphatic rings. The number of hydrogen-bond acceptors (Lipinski definition) is 5. The molecule has 0 radical (unpaired) electrons. The van der Waals surface area contributed by atoms with Gasteiger partial charge in [0.2, 0.25) is 0 Å². The number of aryl methyl sites for hydroxylation is 1. The second kappa shape index (κ2) is 8.97. The van der Waals surface area contributed by atoms with Crippen molar-refractivity contribution >= 4 is 27.3 Å². The van der Waals surface area contributed by atoms with Gasteiger partial charge in [0.25, 0.3) is 21.6 Å². The van der Waals surface area contributed by atoms with Crippen LogP contribution in [0.3, 0.4) is 0 Å². The number of carbonyl (C=O) groups is 1. The molecule has 31 heavy (non-hydrogen) atoms. The van der Waals surface area contributed by atoms with E-state index in [-0.39, 0.29) is 28.2 Å². The minimum absolute atomic E-state index is 0.194. The lowest BCUT2D eigenvalue weighted by atomic mass is 10.1. The fraction of sp³-hybridized carbons (Fsp3) is 0.136. The summed E-state index contributed by atoms with van der Waals surface area (Å²) in [6.45, 7) is 3.87. The van der Waals surface area contributed by atoms with E-state index in [0.29, 0.717) is 5.56 Å². The third kappa shape index (κ3) is 5.46. The highest BCUT2D eigenvalue weighted by atomic mass is 32.2. The molecule has 8 nitrogen and oxygen atoms in total. The molecule has 0 bridgehead atoms. The molecule has 9 heteroatoms. The number of hydrogen-bond donors (Lipinski definition) is 2. The van der Waals surface area contributed by atoms with Crippen LogP contribution in [0.15, 0.2) is 77.7 Å². The van der Waals surface area contributed by atoms with Gasteiger partial charge < -0.3 is 5.32 Å². The van der Waals surface area contributed by atoms with E-state index in [1.54, 1.807) is 0 Å². The Morgan fingerprint density at radius 2 is 1.65 bits per heavy atom. The molecular weight excluding hydrogens is 418 g/mol. The van der Waals surface area contributed by atoms with Crippen molar-refractivity contribution in [2.45, 2.75) is 24.8 Å². The SMILES string of the molecule is Cc1ccc(C(C)NC(=O)c2ccc(NS(=O)(=O)c3cccc([N+](=O)[O-])c3)cc2)cc1. The Bertz CT molecular complexity index is 1210. The fourth-order valence-corrected chi connectivity index (χ4v) is 3.98. The van der Waals surface area contributed by atoms with E-state index in [9.17, 15) is 23.3 Å². The molecule has 0 fully saturated rings. The number of sulfonamides is 1. The summed E-state index contributed by atoms with van der Waals surface area (Å²) in [6, 6.07) is 18.3. The van der Waals surface area contributed by atoms with Gasteiger partial charge in [0.15, 0.2) is 0 Å². The van der Waals surface area contributed by atoms with Crippen molar-refractivity contribution in [3.63, 3.8) is 0 Å². The van der Waals surface area contributed by atoms with Crippen molar-refractivity contribution in [1.29, 1.82) is 0 Å². The van der Waals surface area contributed by atoms with Crippen LogP contribution in [0.1, 0.15) is 34.5 Å². The van der Waals surface area contributed by atoms with E-state index in [1.807, 2.05) is 38.1 Å². The topological polar surface area (TPSA) is 118 Å². The van der Waals surface area contributed by atoms with Crippen LogP contribution in [0, 0.1) is 17.0 Å². The van der Waals surface area contributed by atoms with Crippen molar-refractivity contribution in [3.05, 3.63) is 99.6 Å². The summed E-state index contributed by atoms with van der Waals surface area (Å²) in [5.41, 5.74) is 2.38. The standard InChI is InChI=1S/C22H21N3O5S/c1-15-6-8-17(9-7-15)16(2)23-22(26)18-10-12-19(13-11-18)24-31(29,30)21-5-3-4-20(14-21)25(27)28/h3-14,16,24H,1-2H3,(H,23,26). The highest BCUT2D eigenvalue weighted by Gasteiger charge is 2.18. The molecule has 1 amide bonds. The largest absolute Gasteiger partial charge is 0.346 e. The van der Waals surface area contributed by atoms with Crippen molar-refractivity contribution in [2.75, 3.05) is 4.72 Å². The van der Waals surface area contributed by atoms with Crippen molar-refractivity contribution in [2.24, 2.45) is 0 Å². The number of anilines is 1. The summed E-state index contributed by atoms with van der Waals surface area (Å²) in [5, 5.41) is 13.8. The number of rotatable bonds is 7. The highest BCUT2D eigenvalue weighted by Crippen LogP contribution is 2.21. The maximum Gasteiger partial charge on any atom is 0.270 e. The van der Waals surface area contributed by atoms with Crippen LogP contribution < -0.4 is 10.0 Å². The average molecular weight is 439 g/mol. The van der Waals surface area contributed by atoms with Gasteiger partial charge in [-0.05, 0) is 49.7 Å². The van der Waals surface area contributed by atoms with Crippen LogP contribution in [0.25, 0.3) is 0 Å². The third-order valence-corrected chi connectivity index (χ3v) is 6.04. The molecule has 0 aliphatic carbocycles. The Balaban J connectivity index is 1.69. The number of carbonyl (C=O) groups excluding carboxylic acids is 1. The van der Waals surface area contributed by atoms with Gasteiger partial charge in [0, 0.05) is 23.4 Å². The Labute approximate surface area is 180 Å². The smallest absolute Gasteiger partial charge is 0.270 e. The number of nitro groups is 1. The van der Waals surface area contributed by atoms with E-state index in [1.165, 1.54) is 42.5 Å². The zero-order valence-corrected chi connectivity index (χ0v) is 17.7. The van der Waals surface area contributed by atoms with Gasteiger partial charge in [-0.2, -0.15) is 0 Å². The van der Waals surface area contributed by atoms with E-state index in [2.05, 4.69) is 10.0 Å². The molecule has 0 saturated carbocycles. The van der Waals surface area contributed by atoms with E-state index in [4.69, 9.17) is 0 Å². The zero-order valence-electron chi connectivity index (χ0n) is 16.9. The number of amides is 1. The molecule has 3 aromatic carbocycles. The quantitative estimate of drug-likeness (QED) is 0.423. The predicted molar refractivity (Wildman–Crippen MR) is 117 cm³/mol. The summed E-state index contributed by atoms with van der Waals surface area (Å²) in [4.78, 5) is 22.5. The number of non-ortho nitro benzene ring substituents is 1. The van der Waals surface area contributed by atoms with Crippen LogP contribution in [0.2, 0.25) is 0 Å². The summed E-state index contributed by atoms with van der Waals surface area (Å²) in [5.74, 6) is -0.291. The Morgan fingerprint density at radius 1 is 1.00 bits per heavy atom. The number of benzene rings is 3. The summed E-state index contributed by atoms with van der Waals surface area (Å²) >= 11 is 0. The molecule has 3 aromatic rings. The number of nitro benzene ring substituents is 1. The first kappa shape index (κ1) is 22.0. The molecule has 0 aromatic heterocycles. The zero-order chi connectivity index (χ0) is 22.6. The molecule has 3 rings (SSSR count). The molecule has 0 saturated heterocycles. The van der Waals surface area contributed by atoms with Gasteiger partial charge in [-0.15, -0.1) is 0 Å². The fourth-order valence-electron chi connectivity index (χ4n) is 2.89. The molecule has 1 unspecified atom stereocenters. The lowest BCUT2D eigenvalue weighted by Gasteiger charge is -2.15. The van der Waals surface area contributed by atoms with Crippen LogP contribution in [-0.4, -0.2) is 19.2 Å². The van der Waals surface area contributed by atoms with Gasteiger partial charge in [0.05, 0.1) is 15.9 Å². The molecular formula is C22H21N3O5S. The Morgan fingerprint density at radius 3 is 2.26 bits per heavy atom. The Hall–Kier alpha value is -3.72. The maximum absolute atomic E-state index is 12.5. The summed E-state index contributed by atoms with van der Waals surface area (Å²) in [6.07, 6.45) is 0. The Kier molecular flexibility index (Phi) is 6.36. The number of nitrogens with one attached hydrogen (secondary N) is 2. The third-order valence-electron chi connectivity index (χ3n) is 4.66. The van der Waals surface area contributed by atoms with Gasteiger partial charge in [-0.25, -0.2) is 8.42 Å². The minimum atomic E-state index is -4.02. The van der Waals surface area contributed by atoms with Gasteiger partial charge in [-0.1, -0.05) is 35.9 Å². The maximum atomic E-state index is 12.5. The van der Waals surface area contributed by atoms with Crippen LogP contribution in [0.5, 0.6) is 0 Å². The first-order valence-corrected chi connectivity index (χ1v) is 10.9. The normalized spacial score (nSPS) is 12.1. The van der Waals surface area contributed by atoms with Gasteiger partial charge in [-0.3, -0.25) is 19.6 Å². The van der Waals surface area contributed by atoms with Gasteiger partial charge in [0.1, 0.15) is 0 Å². The molecule has 0 spiro atoms. The van der Waals surface area contributed by atoms with E-state index >= 15 is 0 Å². The first-order valence-electron chi connectivity index (χ1n) is 9.40. The van der Waals surface area contributed by atoms with Crippen molar-refractivity contribution < 1.29 is 18.1 Å².